The lowest BCUT2D eigenvalue weighted by molar-refractivity contribution is 0.256. The van der Waals surface area contributed by atoms with Crippen molar-refractivity contribution in [2.45, 2.75) is 19.8 Å². The molecular formula is C14H15N5OS. The number of primary amides is 1. The molecule has 3 N–H and O–H groups in total. The molecule has 2 heterocycles. The second-order valence-corrected chi connectivity index (χ2v) is 6.02. The van der Waals surface area contributed by atoms with Crippen LogP contribution in [0.4, 0.5) is 15.6 Å². The SMILES string of the molecule is CC(C)c1cnc(N(C(N)=O)c2ccc3nc[nH]c3c2)s1. The maximum absolute atomic E-state index is 11.8. The summed E-state index contributed by atoms with van der Waals surface area (Å²) in [7, 11) is 0. The van der Waals surface area contributed by atoms with Crippen LogP contribution in [0.2, 0.25) is 0 Å². The summed E-state index contributed by atoms with van der Waals surface area (Å²) in [4.78, 5) is 25.9. The Labute approximate surface area is 125 Å². The summed E-state index contributed by atoms with van der Waals surface area (Å²) in [5.74, 6) is 0.362. The normalized spacial score (nSPS) is 11.2. The molecule has 0 bridgehead atoms. The highest BCUT2D eigenvalue weighted by Gasteiger charge is 2.20. The minimum atomic E-state index is -0.557. The second kappa shape index (κ2) is 5.17. The molecule has 0 aliphatic carbocycles. The number of carbonyl (C=O) groups excluding carboxylic acids is 1. The first-order valence-corrected chi connectivity index (χ1v) is 7.36. The zero-order chi connectivity index (χ0) is 15.0. The van der Waals surface area contributed by atoms with E-state index in [2.05, 4.69) is 28.8 Å². The number of amides is 2. The highest BCUT2D eigenvalue weighted by molar-refractivity contribution is 7.15. The lowest BCUT2D eigenvalue weighted by Crippen LogP contribution is -2.31. The maximum Gasteiger partial charge on any atom is 0.325 e. The lowest BCUT2D eigenvalue weighted by Gasteiger charge is -2.17. The van der Waals surface area contributed by atoms with Crippen LogP contribution in [-0.2, 0) is 0 Å². The fraction of sp³-hybridized carbons (Fsp3) is 0.214. The number of imidazole rings is 1. The van der Waals surface area contributed by atoms with E-state index in [-0.39, 0.29) is 0 Å². The third kappa shape index (κ3) is 2.47. The topological polar surface area (TPSA) is 87.9 Å². The van der Waals surface area contributed by atoms with Crippen molar-refractivity contribution in [1.29, 1.82) is 0 Å². The number of benzene rings is 1. The third-order valence-corrected chi connectivity index (χ3v) is 4.44. The number of thiazole rings is 1. The molecule has 3 rings (SSSR count). The van der Waals surface area contributed by atoms with Crippen LogP contribution in [0.5, 0.6) is 0 Å². The van der Waals surface area contributed by atoms with E-state index < -0.39 is 6.03 Å². The molecule has 0 saturated heterocycles. The highest BCUT2D eigenvalue weighted by Crippen LogP contribution is 2.33. The molecule has 1 aromatic carbocycles. The smallest absolute Gasteiger partial charge is 0.325 e. The van der Waals surface area contributed by atoms with Crippen LogP contribution >= 0.6 is 11.3 Å². The van der Waals surface area contributed by atoms with Gasteiger partial charge in [0.05, 0.1) is 23.0 Å². The summed E-state index contributed by atoms with van der Waals surface area (Å²) >= 11 is 1.47. The Kier molecular flexibility index (Phi) is 3.34. The fourth-order valence-corrected chi connectivity index (χ4v) is 2.99. The van der Waals surface area contributed by atoms with E-state index in [4.69, 9.17) is 5.73 Å². The number of aromatic amines is 1. The molecule has 6 nitrogen and oxygen atoms in total. The number of nitrogens with one attached hydrogen (secondary N) is 1. The van der Waals surface area contributed by atoms with Gasteiger partial charge in [-0.1, -0.05) is 13.8 Å². The minimum Gasteiger partial charge on any atom is -0.351 e. The predicted molar refractivity (Wildman–Crippen MR) is 84.0 cm³/mol. The van der Waals surface area contributed by atoms with Gasteiger partial charge in [-0.2, -0.15) is 0 Å². The maximum atomic E-state index is 11.8. The van der Waals surface area contributed by atoms with Gasteiger partial charge in [0, 0.05) is 11.1 Å². The van der Waals surface area contributed by atoms with Crippen LogP contribution in [0.25, 0.3) is 11.0 Å². The van der Waals surface area contributed by atoms with Crippen molar-refractivity contribution in [2.24, 2.45) is 5.73 Å². The number of anilines is 2. The summed E-state index contributed by atoms with van der Waals surface area (Å²) in [5.41, 5.74) is 7.89. The van der Waals surface area contributed by atoms with Crippen LogP contribution < -0.4 is 10.6 Å². The minimum absolute atomic E-state index is 0.362. The van der Waals surface area contributed by atoms with Gasteiger partial charge in [-0.3, -0.25) is 0 Å². The third-order valence-electron chi connectivity index (χ3n) is 3.15. The standard InChI is InChI=1S/C14H15N5OS/c1-8(2)12-6-16-14(21-12)19(13(15)20)9-3-4-10-11(5-9)18-7-17-10/h3-8H,1-2H3,(H2,15,20)(H,17,18). The quantitative estimate of drug-likeness (QED) is 0.777. The van der Waals surface area contributed by atoms with Crippen LogP contribution in [-0.4, -0.2) is 21.0 Å². The second-order valence-electron chi connectivity index (χ2n) is 4.98. The molecule has 0 radical (unpaired) electrons. The number of fused-ring (bicyclic) bond motifs is 1. The van der Waals surface area contributed by atoms with Crippen molar-refractivity contribution in [3.8, 4) is 0 Å². The van der Waals surface area contributed by atoms with Gasteiger partial charge in [-0.05, 0) is 24.1 Å². The average Bonchev–Trinajstić information content (AvgIpc) is 3.06. The molecular weight excluding hydrogens is 286 g/mol. The first kappa shape index (κ1) is 13.6. The Balaban J connectivity index is 2.05. The van der Waals surface area contributed by atoms with E-state index >= 15 is 0 Å². The summed E-state index contributed by atoms with van der Waals surface area (Å²) in [5, 5.41) is 0.574. The van der Waals surface area contributed by atoms with E-state index in [9.17, 15) is 4.79 Å². The summed E-state index contributed by atoms with van der Waals surface area (Å²) < 4.78 is 0. The van der Waals surface area contributed by atoms with Gasteiger partial charge in [-0.15, -0.1) is 11.3 Å². The molecule has 0 atom stereocenters. The van der Waals surface area contributed by atoms with Gasteiger partial charge in [0.15, 0.2) is 5.13 Å². The van der Waals surface area contributed by atoms with Crippen LogP contribution in [0.15, 0.2) is 30.7 Å². The van der Waals surface area contributed by atoms with Crippen molar-refractivity contribution in [3.63, 3.8) is 0 Å². The first-order valence-electron chi connectivity index (χ1n) is 6.54. The zero-order valence-electron chi connectivity index (χ0n) is 11.7. The van der Waals surface area contributed by atoms with Gasteiger partial charge in [0.25, 0.3) is 0 Å². The molecule has 2 amide bonds. The zero-order valence-corrected chi connectivity index (χ0v) is 12.5. The van der Waals surface area contributed by atoms with Crippen LogP contribution in [0.3, 0.4) is 0 Å². The van der Waals surface area contributed by atoms with Gasteiger partial charge in [0.1, 0.15) is 0 Å². The van der Waals surface area contributed by atoms with Crippen molar-refractivity contribution >= 4 is 39.2 Å². The predicted octanol–water partition coefficient (Wildman–Crippen LogP) is 3.36. The van der Waals surface area contributed by atoms with Crippen molar-refractivity contribution in [3.05, 3.63) is 35.6 Å². The number of hydrogen-bond donors (Lipinski definition) is 2. The number of rotatable bonds is 3. The summed E-state index contributed by atoms with van der Waals surface area (Å²) in [6.07, 6.45) is 3.40. The lowest BCUT2D eigenvalue weighted by atomic mass is 10.2. The molecule has 21 heavy (non-hydrogen) atoms. The Morgan fingerprint density at radius 2 is 2.19 bits per heavy atom. The van der Waals surface area contributed by atoms with Gasteiger partial charge >= 0.3 is 6.03 Å². The molecule has 0 saturated carbocycles. The number of carbonyl (C=O) groups is 1. The van der Waals surface area contributed by atoms with Crippen molar-refractivity contribution < 1.29 is 4.79 Å². The van der Waals surface area contributed by atoms with Crippen molar-refractivity contribution in [1.82, 2.24) is 15.0 Å². The number of hydrogen-bond acceptors (Lipinski definition) is 4. The fourth-order valence-electron chi connectivity index (χ4n) is 2.04. The number of nitrogens with two attached hydrogens (primary N) is 1. The largest absolute Gasteiger partial charge is 0.351 e. The van der Waals surface area contributed by atoms with Gasteiger partial charge in [-0.25, -0.2) is 19.7 Å². The Bertz CT molecular complexity index is 791. The monoisotopic (exact) mass is 301 g/mol. The van der Waals surface area contributed by atoms with E-state index in [1.165, 1.54) is 16.2 Å². The number of H-pyrrole nitrogens is 1. The molecule has 3 aromatic rings. The Morgan fingerprint density at radius 3 is 2.86 bits per heavy atom. The van der Waals surface area contributed by atoms with E-state index in [0.29, 0.717) is 16.7 Å². The van der Waals surface area contributed by atoms with Gasteiger partial charge in [0.2, 0.25) is 0 Å². The van der Waals surface area contributed by atoms with Crippen LogP contribution in [0, 0.1) is 0 Å². The summed E-state index contributed by atoms with van der Waals surface area (Å²) in [6, 6.07) is 4.93. The molecule has 0 unspecified atom stereocenters. The van der Waals surface area contributed by atoms with Crippen molar-refractivity contribution in [2.75, 3.05) is 4.90 Å². The molecule has 0 aliphatic rings. The average molecular weight is 301 g/mol. The first-order chi connectivity index (χ1) is 10.1. The number of aromatic nitrogens is 3. The molecule has 7 heteroatoms. The van der Waals surface area contributed by atoms with E-state index in [1.54, 1.807) is 12.5 Å². The van der Waals surface area contributed by atoms with Crippen LogP contribution in [0.1, 0.15) is 24.6 Å². The Hall–Kier alpha value is -2.41. The summed E-state index contributed by atoms with van der Waals surface area (Å²) in [6.45, 7) is 4.17. The van der Waals surface area contributed by atoms with E-state index in [0.717, 1.165) is 15.9 Å². The Morgan fingerprint density at radius 1 is 1.38 bits per heavy atom. The molecule has 2 aromatic heterocycles. The molecule has 0 spiro atoms. The molecule has 0 aliphatic heterocycles. The number of urea groups is 1. The molecule has 0 fully saturated rings. The van der Waals surface area contributed by atoms with Gasteiger partial charge < -0.3 is 10.7 Å². The number of nitrogens with zero attached hydrogens (tertiary/aromatic N) is 3. The highest BCUT2D eigenvalue weighted by atomic mass is 32.1. The van der Waals surface area contributed by atoms with E-state index in [1.807, 2.05) is 18.2 Å². The molecule has 108 valence electrons.